The lowest BCUT2D eigenvalue weighted by atomic mass is 9.89. The van der Waals surface area contributed by atoms with Crippen LogP contribution in [-0.4, -0.2) is 22.7 Å². The molecule has 3 rings (SSSR count). The number of hydrogen-bond donors (Lipinski definition) is 2. The van der Waals surface area contributed by atoms with E-state index in [2.05, 4.69) is 10.5 Å². The van der Waals surface area contributed by atoms with Gasteiger partial charge in [0.15, 0.2) is 5.60 Å². The minimum absolute atomic E-state index is 0.153. The first kappa shape index (κ1) is 22.3. The molecular formula is C20H16Cl3FN2O4. The Kier molecular flexibility index (Phi) is 6.55. The Hall–Kier alpha value is -2.35. The molecule has 2 N–H and O–H groups in total. The van der Waals surface area contributed by atoms with E-state index in [1.807, 2.05) is 6.92 Å². The number of benzene rings is 2. The summed E-state index contributed by atoms with van der Waals surface area (Å²) in [6, 6.07) is 7.65. The van der Waals surface area contributed by atoms with Gasteiger partial charge in [-0.2, -0.15) is 0 Å². The summed E-state index contributed by atoms with van der Waals surface area (Å²) >= 11 is 18.2. The summed E-state index contributed by atoms with van der Waals surface area (Å²) in [5.74, 6) is -2.51. The maximum Gasteiger partial charge on any atom is 0.312 e. The molecule has 0 saturated heterocycles. The van der Waals surface area contributed by atoms with Crippen molar-refractivity contribution in [3.05, 3.63) is 67.9 Å². The molecule has 6 nitrogen and oxygen atoms in total. The van der Waals surface area contributed by atoms with Crippen LogP contribution in [0.15, 0.2) is 35.5 Å². The van der Waals surface area contributed by atoms with Gasteiger partial charge in [0.1, 0.15) is 12.2 Å². The van der Waals surface area contributed by atoms with E-state index in [1.165, 1.54) is 12.1 Å². The molecule has 1 atom stereocenters. The van der Waals surface area contributed by atoms with Gasteiger partial charge in [0, 0.05) is 29.7 Å². The Balaban J connectivity index is 1.77. The van der Waals surface area contributed by atoms with E-state index in [9.17, 15) is 14.0 Å². The number of carboxylic acids is 1. The third-order valence-electron chi connectivity index (χ3n) is 4.62. The van der Waals surface area contributed by atoms with Crippen molar-refractivity contribution in [3.63, 3.8) is 0 Å². The van der Waals surface area contributed by atoms with E-state index in [1.54, 1.807) is 18.2 Å². The van der Waals surface area contributed by atoms with Crippen molar-refractivity contribution in [1.29, 1.82) is 0 Å². The number of carbonyl (C=O) groups is 2. The number of carboxylic acid groups (broad SMARTS) is 1. The number of aliphatic carboxylic acids is 1. The third-order valence-corrected chi connectivity index (χ3v) is 5.82. The van der Waals surface area contributed by atoms with Gasteiger partial charge in [-0.1, -0.05) is 46.0 Å². The maximum absolute atomic E-state index is 14.1. The first-order valence-electron chi connectivity index (χ1n) is 8.76. The van der Waals surface area contributed by atoms with Gasteiger partial charge in [-0.15, -0.1) is 0 Å². The smallest absolute Gasteiger partial charge is 0.312 e. The zero-order valence-corrected chi connectivity index (χ0v) is 17.9. The normalized spacial score (nSPS) is 18.0. The van der Waals surface area contributed by atoms with Crippen LogP contribution in [0.1, 0.15) is 36.5 Å². The summed E-state index contributed by atoms with van der Waals surface area (Å²) in [6.07, 6.45) is -0.329. The summed E-state index contributed by atoms with van der Waals surface area (Å²) < 4.78 is 14.1. The fourth-order valence-corrected chi connectivity index (χ4v) is 3.59. The number of amides is 1. The number of nitrogens with one attached hydrogen (secondary N) is 1. The quantitative estimate of drug-likeness (QED) is 0.461. The van der Waals surface area contributed by atoms with Gasteiger partial charge in [0.25, 0.3) is 0 Å². The van der Waals surface area contributed by atoms with Crippen LogP contribution in [0.3, 0.4) is 0 Å². The van der Waals surface area contributed by atoms with Gasteiger partial charge in [-0.05, 0) is 31.2 Å². The molecule has 0 bridgehead atoms. The van der Waals surface area contributed by atoms with Crippen LogP contribution in [-0.2, 0) is 26.6 Å². The second-order valence-electron chi connectivity index (χ2n) is 6.94. The molecule has 158 valence electrons. The Labute approximate surface area is 186 Å². The second kappa shape index (κ2) is 8.79. The van der Waals surface area contributed by atoms with E-state index >= 15 is 0 Å². The van der Waals surface area contributed by atoms with Crippen LogP contribution in [0, 0.1) is 5.82 Å². The standard InChI is InChI=1S/C20H16Cl3FN2O4/c1-20(12-5-13(21)19(23)14(22)6-12)8-16(26-30-20)10-2-3-15(24)11(4-10)9-25-17(27)7-18(28)29/h2-6H,7-9H2,1H3,(H,25,27)(H,28,29). The molecule has 1 amide bonds. The van der Waals surface area contributed by atoms with Crippen LogP contribution < -0.4 is 5.32 Å². The topological polar surface area (TPSA) is 88.0 Å². The number of oxime groups is 1. The summed E-state index contributed by atoms with van der Waals surface area (Å²) in [5.41, 5.74) is 1.20. The van der Waals surface area contributed by atoms with Gasteiger partial charge >= 0.3 is 5.97 Å². The van der Waals surface area contributed by atoms with E-state index in [-0.39, 0.29) is 17.1 Å². The van der Waals surface area contributed by atoms with Crippen molar-refractivity contribution in [1.82, 2.24) is 5.32 Å². The van der Waals surface area contributed by atoms with Crippen molar-refractivity contribution >= 4 is 52.4 Å². The minimum Gasteiger partial charge on any atom is -0.481 e. The predicted molar refractivity (Wildman–Crippen MR) is 112 cm³/mol. The molecule has 1 heterocycles. The lowest BCUT2D eigenvalue weighted by molar-refractivity contribution is -0.140. The number of nitrogens with zero attached hydrogens (tertiary/aromatic N) is 1. The highest BCUT2D eigenvalue weighted by Crippen LogP contribution is 2.41. The van der Waals surface area contributed by atoms with Gasteiger partial charge in [0.05, 0.1) is 20.8 Å². The summed E-state index contributed by atoms with van der Waals surface area (Å²) in [7, 11) is 0. The molecule has 0 aliphatic carbocycles. The lowest BCUT2D eigenvalue weighted by Crippen LogP contribution is -2.25. The van der Waals surface area contributed by atoms with Crippen LogP contribution in [0.2, 0.25) is 15.1 Å². The van der Waals surface area contributed by atoms with E-state index in [4.69, 9.17) is 44.7 Å². The van der Waals surface area contributed by atoms with Gasteiger partial charge in [-0.3, -0.25) is 9.59 Å². The molecule has 10 heteroatoms. The van der Waals surface area contributed by atoms with Crippen LogP contribution in [0.25, 0.3) is 0 Å². The fraction of sp³-hybridized carbons (Fsp3) is 0.250. The Morgan fingerprint density at radius 1 is 1.23 bits per heavy atom. The van der Waals surface area contributed by atoms with Gasteiger partial charge in [-0.25, -0.2) is 4.39 Å². The van der Waals surface area contributed by atoms with Crippen molar-refractivity contribution in [2.45, 2.75) is 31.9 Å². The van der Waals surface area contributed by atoms with Crippen LogP contribution in [0.4, 0.5) is 4.39 Å². The zero-order chi connectivity index (χ0) is 22.1. The first-order valence-corrected chi connectivity index (χ1v) is 9.90. The number of halogens is 4. The predicted octanol–water partition coefficient (Wildman–Crippen LogP) is 4.92. The molecule has 0 spiro atoms. The van der Waals surface area contributed by atoms with E-state index in [0.717, 1.165) is 0 Å². The highest BCUT2D eigenvalue weighted by atomic mass is 35.5. The van der Waals surface area contributed by atoms with Gasteiger partial charge in [0.2, 0.25) is 5.91 Å². The molecule has 30 heavy (non-hydrogen) atoms. The average Bonchev–Trinajstić information content (AvgIpc) is 3.08. The van der Waals surface area contributed by atoms with Crippen LogP contribution >= 0.6 is 34.8 Å². The molecule has 0 saturated carbocycles. The monoisotopic (exact) mass is 472 g/mol. The Morgan fingerprint density at radius 3 is 2.53 bits per heavy atom. The first-order chi connectivity index (χ1) is 14.1. The zero-order valence-electron chi connectivity index (χ0n) is 15.6. The summed E-state index contributed by atoms with van der Waals surface area (Å²) in [5, 5.41) is 16.0. The summed E-state index contributed by atoms with van der Waals surface area (Å²) in [4.78, 5) is 27.7. The lowest BCUT2D eigenvalue weighted by Gasteiger charge is -2.22. The molecule has 0 fully saturated rings. The van der Waals surface area contributed by atoms with E-state index in [0.29, 0.717) is 33.3 Å². The highest BCUT2D eigenvalue weighted by molar-refractivity contribution is 6.48. The number of rotatable bonds is 6. The Morgan fingerprint density at radius 2 is 1.90 bits per heavy atom. The maximum atomic E-state index is 14.1. The second-order valence-corrected chi connectivity index (χ2v) is 8.14. The van der Waals surface area contributed by atoms with Crippen molar-refractivity contribution in [2.24, 2.45) is 5.16 Å². The number of hydrogen-bond acceptors (Lipinski definition) is 4. The van der Waals surface area contributed by atoms with Crippen LogP contribution in [0.5, 0.6) is 0 Å². The molecule has 1 unspecified atom stereocenters. The molecule has 2 aromatic rings. The SMILES string of the molecule is CC1(c2cc(Cl)c(Cl)c(Cl)c2)CC(c2ccc(F)c(CNC(=O)CC(=O)O)c2)=NO1. The molecule has 0 radical (unpaired) electrons. The molecular weight excluding hydrogens is 458 g/mol. The van der Waals surface area contributed by atoms with Crippen molar-refractivity contribution in [2.75, 3.05) is 0 Å². The average molecular weight is 474 g/mol. The van der Waals surface area contributed by atoms with Gasteiger partial charge < -0.3 is 15.3 Å². The third kappa shape index (κ3) is 4.86. The molecule has 2 aromatic carbocycles. The van der Waals surface area contributed by atoms with Crippen molar-refractivity contribution < 1.29 is 23.9 Å². The highest BCUT2D eigenvalue weighted by Gasteiger charge is 2.37. The molecule has 1 aliphatic rings. The van der Waals surface area contributed by atoms with E-state index < -0.39 is 29.7 Å². The number of carbonyl (C=O) groups excluding carboxylic acids is 1. The Bertz CT molecular complexity index is 1040. The minimum atomic E-state index is -1.26. The fourth-order valence-electron chi connectivity index (χ4n) is 2.99. The molecule has 1 aliphatic heterocycles. The van der Waals surface area contributed by atoms with Crippen molar-refractivity contribution in [3.8, 4) is 0 Å². The largest absolute Gasteiger partial charge is 0.481 e. The summed E-state index contributed by atoms with van der Waals surface area (Å²) in [6.45, 7) is 1.66. The molecule has 0 aromatic heterocycles.